The predicted molar refractivity (Wildman–Crippen MR) is 73.3 cm³/mol. The quantitative estimate of drug-likeness (QED) is 0.729. The Morgan fingerprint density at radius 3 is 2.71 bits per heavy atom. The van der Waals surface area contributed by atoms with Gasteiger partial charge in [0.05, 0.1) is 4.83 Å². The molecule has 3 nitrogen and oxygen atoms in total. The Labute approximate surface area is 113 Å². The highest BCUT2D eigenvalue weighted by Gasteiger charge is 2.38. The van der Waals surface area contributed by atoms with E-state index in [1.54, 1.807) is 0 Å². The summed E-state index contributed by atoms with van der Waals surface area (Å²) in [5.41, 5.74) is 0. The van der Waals surface area contributed by atoms with E-state index >= 15 is 0 Å². The summed E-state index contributed by atoms with van der Waals surface area (Å²) in [6.45, 7) is 9.55. The molecule has 0 saturated carbocycles. The molecule has 98 valence electrons. The zero-order valence-corrected chi connectivity index (χ0v) is 12.6. The minimum absolute atomic E-state index is 0.0297. The summed E-state index contributed by atoms with van der Waals surface area (Å²) in [5, 5.41) is 0. The Morgan fingerprint density at radius 2 is 2.06 bits per heavy atom. The maximum Gasteiger partial charge on any atom is 0.236 e. The summed E-state index contributed by atoms with van der Waals surface area (Å²) in [6.07, 6.45) is 2.55. The van der Waals surface area contributed by atoms with Gasteiger partial charge in [0.2, 0.25) is 5.91 Å². The molecule has 1 amide bonds. The zero-order chi connectivity index (χ0) is 12.6. The topological polar surface area (TPSA) is 23.6 Å². The number of alkyl halides is 1. The second-order valence-corrected chi connectivity index (χ2v) is 6.76. The first-order valence-electron chi connectivity index (χ1n) is 6.69. The number of nitrogens with zero attached hydrogens (tertiary/aromatic N) is 2. The molecule has 2 aliphatic rings. The lowest BCUT2D eigenvalue weighted by atomic mass is 10.0. The molecule has 2 fully saturated rings. The van der Waals surface area contributed by atoms with Crippen LogP contribution in [0, 0.1) is 5.92 Å². The van der Waals surface area contributed by atoms with Gasteiger partial charge in [-0.05, 0) is 32.2 Å². The van der Waals surface area contributed by atoms with Crippen molar-refractivity contribution in [2.24, 2.45) is 5.92 Å². The third-order valence-electron chi connectivity index (χ3n) is 4.04. The Morgan fingerprint density at radius 1 is 1.35 bits per heavy atom. The molecular weight excluding hydrogens is 280 g/mol. The highest BCUT2D eigenvalue weighted by molar-refractivity contribution is 9.10. The van der Waals surface area contributed by atoms with Crippen LogP contribution in [0.1, 0.15) is 33.6 Å². The van der Waals surface area contributed by atoms with Crippen molar-refractivity contribution < 1.29 is 4.79 Å². The number of carbonyl (C=O) groups is 1. The van der Waals surface area contributed by atoms with Crippen molar-refractivity contribution in [1.29, 1.82) is 0 Å². The molecule has 0 spiro atoms. The summed E-state index contributed by atoms with van der Waals surface area (Å²) in [4.78, 5) is 17.0. The van der Waals surface area contributed by atoms with E-state index < -0.39 is 0 Å². The fourth-order valence-electron chi connectivity index (χ4n) is 2.94. The lowest BCUT2D eigenvalue weighted by molar-refractivity contribution is -0.136. The number of amides is 1. The summed E-state index contributed by atoms with van der Waals surface area (Å²) in [5.74, 6) is 0.635. The smallest absolute Gasteiger partial charge is 0.236 e. The van der Waals surface area contributed by atoms with Crippen molar-refractivity contribution in [3.05, 3.63) is 0 Å². The number of hydrogen-bond acceptors (Lipinski definition) is 2. The van der Waals surface area contributed by atoms with Crippen molar-refractivity contribution in [1.82, 2.24) is 9.80 Å². The molecular formula is C13H23BrN2O. The van der Waals surface area contributed by atoms with E-state index in [4.69, 9.17) is 0 Å². The molecule has 3 atom stereocenters. The number of halogens is 1. The first-order valence-corrected chi connectivity index (χ1v) is 7.61. The molecule has 3 unspecified atom stereocenters. The molecule has 0 radical (unpaired) electrons. The van der Waals surface area contributed by atoms with Gasteiger partial charge >= 0.3 is 0 Å². The van der Waals surface area contributed by atoms with E-state index in [1.165, 1.54) is 19.4 Å². The maximum atomic E-state index is 12.4. The molecule has 2 aliphatic heterocycles. The highest BCUT2D eigenvalue weighted by atomic mass is 79.9. The number of carbonyl (C=O) groups excluding carboxylic acids is 1. The second-order valence-electron chi connectivity index (χ2n) is 5.78. The number of fused-ring (bicyclic) bond motifs is 1. The lowest BCUT2D eigenvalue weighted by Gasteiger charge is -2.43. The lowest BCUT2D eigenvalue weighted by Crippen LogP contribution is -2.58. The standard InChI is InChI=1S/C13H23BrN2O/c1-9(2)12(14)13(17)16-8-11-5-4-6-15(11)7-10(16)3/h9-12H,4-8H2,1-3H3. The van der Waals surface area contributed by atoms with Crippen LogP contribution < -0.4 is 0 Å². The summed E-state index contributed by atoms with van der Waals surface area (Å²) in [6, 6.07) is 0.970. The minimum Gasteiger partial charge on any atom is -0.336 e. The number of rotatable bonds is 2. The largest absolute Gasteiger partial charge is 0.336 e. The predicted octanol–water partition coefficient (Wildman–Crippen LogP) is 2.10. The van der Waals surface area contributed by atoms with Crippen molar-refractivity contribution in [2.45, 2.75) is 50.5 Å². The van der Waals surface area contributed by atoms with Gasteiger partial charge in [-0.15, -0.1) is 0 Å². The summed E-state index contributed by atoms with van der Waals surface area (Å²) >= 11 is 3.54. The molecule has 2 rings (SSSR count). The Balaban J connectivity index is 2.03. The highest BCUT2D eigenvalue weighted by Crippen LogP contribution is 2.26. The summed E-state index contributed by atoms with van der Waals surface area (Å²) in [7, 11) is 0. The molecule has 0 aromatic carbocycles. The van der Waals surface area contributed by atoms with Crippen LogP contribution in [0.25, 0.3) is 0 Å². The van der Waals surface area contributed by atoms with Crippen LogP contribution in [0.2, 0.25) is 0 Å². The van der Waals surface area contributed by atoms with E-state index in [9.17, 15) is 4.79 Å². The Bertz CT molecular complexity index is 295. The fourth-order valence-corrected chi connectivity index (χ4v) is 3.20. The van der Waals surface area contributed by atoms with Gasteiger partial charge in [-0.1, -0.05) is 29.8 Å². The summed E-state index contributed by atoms with van der Waals surface area (Å²) < 4.78 is 0. The fraction of sp³-hybridized carbons (Fsp3) is 0.923. The molecule has 4 heteroatoms. The van der Waals surface area contributed by atoms with Gasteiger partial charge in [0.15, 0.2) is 0 Å². The molecule has 0 bridgehead atoms. The Hall–Kier alpha value is -0.0900. The van der Waals surface area contributed by atoms with Gasteiger partial charge in [0, 0.05) is 25.2 Å². The van der Waals surface area contributed by atoms with Gasteiger partial charge in [0.25, 0.3) is 0 Å². The third kappa shape index (κ3) is 2.68. The zero-order valence-electron chi connectivity index (χ0n) is 11.0. The first-order chi connectivity index (χ1) is 8.00. The molecule has 2 saturated heterocycles. The second kappa shape index (κ2) is 5.27. The molecule has 0 aromatic rings. The molecule has 0 aromatic heterocycles. The van der Waals surface area contributed by atoms with Crippen molar-refractivity contribution >= 4 is 21.8 Å². The van der Waals surface area contributed by atoms with Crippen molar-refractivity contribution in [3.8, 4) is 0 Å². The van der Waals surface area contributed by atoms with Gasteiger partial charge in [-0.3, -0.25) is 9.69 Å². The van der Waals surface area contributed by atoms with E-state index in [0.717, 1.165) is 13.1 Å². The van der Waals surface area contributed by atoms with Gasteiger partial charge in [-0.2, -0.15) is 0 Å². The van der Waals surface area contributed by atoms with E-state index in [1.807, 2.05) is 0 Å². The molecule has 0 aliphatic carbocycles. The van der Waals surface area contributed by atoms with E-state index in [2.05, 4.69) is 46.5 Å². The van der Waals surface area contributed by atoms with Crippen molar-refractivity contribution in [2.75, 3.05) is 19.6 Å². The van der Waals surface area contributed by atoms with Crippen molar-refractivity contribution in [3.63, 3.8) is 0 Å². The SMILES string of the molecule is CC(C)C(Br)C(=O)N1CC2CCCN2CC1C. The van der Waals surface area contributed by atoms with Crippen LogP contribution in [0.4, 0.5) is 0 Å². The average Bonchev–Trinajstić information content (AvgIpc) is 2.72. The normalized spacial score (nSPS) is 31.7. The average molecular weight is 303 g/mol. The van der Waals surface area contributed by atoms with E-state index in [-0.39, 0.29) is 10.7 Å². The number of hydrogen-bond donors (Lipinski definition) is 0. The van der Waals surface area contributed by atoms with Crippen LogP contribution in [-0.2, 0) is 4.79 Å². The third-order valence-corrected chi connectivity index (χ3v) is 5.49. The molecule has 17 heavy (non-hydrogen) atoms. The van der Waals surface area contributed by atoms with Gasteiger partial charge in [-0.25, -0.2) is 0 Å². The first kappa shape index (κ1) is 13.3. The molecule has 2 heterocycles. The van der Waals surface area contributed by atoms with Crippen LogP contribution in [0.3, 0.4) is 0 Å². The molecule has 0 N–H and O–H groups in total. The van der Waals surface area contributed by atoms with E-state index in [0.29, 0.717) is 18.0 Å². The van der Waals surface area contributed by atoms with Gasteiger partial charge < -0.3 is 4.90 Å². The minimum atomic E-state index is -0.0297. The Kier molecular flexibility index (Phi) is 4.14. The van der Waals surface area contributed by atoms with Crippen LogP contribution in [0.15, 0.2) is 0 Å². The van der Waals surface area contributed by atoms with Crippen LogP contribution in [0.5, 0.6) is 0 Å². The number of piperazine rings is 1. The van der Waals surface area contributed by atoms with Gasteiger partial charge in [0.1, 0.15) is 0 Å². The maximum absolute atomic E-state index is 12.4. The van der Waals surface area contributed by atoms with Crippen LogP contribution in [-0.4, -0.2) is 52.3 Å². The van der Waals surface area contributed by atoms with Crippen LogP contribution >= 0.6 is 15.9 Å². The monoisotopic (exact) mass is 302 g/mol.